The Morgan fingerprint density at radius 3 is 2.48 bits per heavy atom. The summed E-state index contributed by atoms with van der Waals surface area (Å²) >= 11 is 0. The normalized spacial score (nSPS) is 10.3. The molecular weight excluding hydrogens is 338 g/mol. The van der Waals surface area contributed by atoms with Crippen LogP contribution in [0.1, 0.15) is 11.1 Å². The van der Waals surface area contributed by atoms with Crippen LogP contribution in [0.5, 0.6) is 5.75 Å². The minimum atomic E-state index is -0.167. The number of aromatic nitrogens is 1. The maximum atomic E-state index is 12.9. The molecule has 5 nitrogen and oxygen atoms in total. The molecule has 0 aliphatic heterocycles. The number of urea groups is 1. The molecule has 2 aromatic carbocycles. The number of hydrogen-bond donors (Lipinski definition) is 1. The standard InChI is InChI=1S/C22H23N3O2/c1-27-21-12-6-5-11-20(21)24-22(26)25(17-19-10-7-14-23-16-19)15-13-18-8-3-2-4-9-18/h2-12,14,16H,13,15,17H2,1H3,(H,24,26). The molecule has 5 heteroatoms. The number of carbonyl (C=O) groups is 1. The molecule has 0 spiro atoms. The summed E-state index contributed by atoms with van der Waals surface area (Å²) in [6, 6.07) is 21.2. The number of pyridine rings is 1. The average Bonchev–Trinajstić information content (AvgIpc) is 2.73. The van der Waals surface area contributed by atoms with Crippen molar-refractivity contribution in [2.45, 2.75) is 13.0 Å². The van der Waals surface area contributed by atoms with E-state index < -0.39 is 0 Å². The summed E-state index contributed by atoms with van der Waals surface area (Å²) in [4.78, 5) is 18.9. The van der Waals surface area contributed by atoms with Crippen LogP contribution in [0.4, 0.5) is 10.5 Å². The number of carbonyl (C=O) groups excluding carboxylic acids is 1. The molecule has 27 heavy (non-hydrogen) atoms. The molecule has 0 saturated carbocycles. The molecule has 0 atom stereocenters. The van der Waals surface area contributed by atoms with Crippen LogP contribution in [0, 0.1) is 0 Å². The van der Waals surface area contributed by atoms with E-state index in [0.29, 0.717) is 24.5 Å². The molecule has 0 saturated heterocycles. The Balaban J connectivity index is 1.74. The topological polar surface area (TPSA) is 54.5 Å². The molecule has 0 bridgehead atoms. The van der Waals surface area contributed by atoms with E-state index in [1.807, 2.05) is 54.6 Å². The highest BCUT2D eigenvalue weighted by Crippen LogP contribution is 2.23. The number of nitrogens with one attached hydrogen (secondary N) is 1. The van der Waals surface area contributed by atoms with E-state index in [9.17, 15) is 4.79 Å². The minimum absolute atomic E-state index is 0.167. The second-order valence-electron chi connectivity index (χ2n) is 6.15. The SMILES string of the molecule is COc1ccccc1NC(=O)N(CCc1ccccc1)Cc1cccnc1. The highest BCUT2D eigenvalue weighted by molar-refractivity contribution is 5.91. The van der Waals surface area contributed by atoms with Gasteiger partial charge in [0.05, 0.1) is 12.8 Å². The van der Waals surface area contributed by atoms with Crippen LogP contribution in [-0.2, 0) is 13.0 Å². The van der Waals surface area contributed by atoms with E-state index in [0.717, 1.165) is 12.0 Å². The Bertz CT molecular complexity index is 854. The maximum Gasteiger partial charge on any atom is 0.322 e. The van der Waals surface area contributed by atoms with Gasteiger partial charge in [0.1, 0.15) is 5.75 Å². The van der Waals surface area contributed by atoms with Crippen molar-refractivity contribution in [2.24, 2.45) is 0 Å². The average molecular weight is 361 g/mol. The lowest BCUT2D eigenvalue weighted by Gasteiger charge is -2.24. The molecule has 3 aromatic rings. The van der Waals surface area contributed by atoms with Crippen LogP contribution in [-0.4, -0.2) is 29.6 Å². The molecule has 2 amide bonds. The van der Waals surface area contributed by atoms with E-state index in [2.05, 4.69) is 22.4 Å². The molecule has 0 aliphatic rings. The molecule has 3 rings (SSSR count). The first-order valence-electron chi connectivity index (χ1n) is 8.88. The lowest BCUT2D eigenvalue weighted by atomic mass is 10.1. The molecule has 1 heterocycles. The minimum Gasteiger partial charge on any atom is -0.495 e. The molecule has 1 aromatic heterocycles. The van der Waals surface area contributed by atoms with Crippen molar-refractivity contribution in [3.05, 3.63) is 90.3 Å². The summed E-state index contributed by atoms with van der Waals surface area (Å²) in [7, 11) is 1.59. The third-order valence-electron chi connectivity index (χ3n) is 4.25. The fraction of sp³-hybridized carbons (Fsp3) is 0.182. The Morgan fingerprint density at radius 1 is 1.00 bits per heavy atom. The van der Waals surface area contributed by atoms with Crippen LogP contribution in [0.3, 0.4) is 0 Å². The lowest BCUT2D eigenvalue weighted by Crippen LogP contribution is -2.36. The predicted molar refractivity (Wildman–Crippen MR) is 107 cm³/mol. The molecule has 1 N–H and O–H groups in total. The summed E-state index contributed by atoms with van der Waals surface area (Å²) in [6.45, 7) is 1.08. The van der Waals surface area contributed by atoms with E-state index in [1.54, 1.807) is 24.4 Å². The van der Waals surface area contributed by atoms with E-state index >= 15 is 0 Å². The van der Waals surface area contributed by atoms with Crippen molar-refractivity contribution < 1.29 is 9.53 Å². The van der Waals surface area contributed by atoms with Gasteiger partial charge in [-0.15, -0.1) is 0 Å². The molecular formula is C22H23N3O2. The summed E-state index contributed by atoms with van der Waals surface area (Å²) in [5.41, 5.74) is 2.83. The first-order valence-corrected chi connectivity index (χ1v) is 8.88. The Kier molecular flexibility index (Phi) is 6.41. The summed E-state index contributed by atoms with van der Waals surface area (Å²) in [5, 5.41) is 2.96. The highest BCUT2D eigenvalue weighted by Gasteiger charge is 2.16. The number of hydrogen-bond acceptors (Lipinski definition) is 3. The number of methoxy groups -OCH3 is 1. The van der Waals surface area contributed by atoms with Gasteiger partial charge in [-0.2, -0.15) is 0 Å². The Hall–Kier alpha value is -3.34. The zero-order chi connectivity index (χ0) is 18.9. The van der Waals surface area contributed by atoms with Gasteiger partial charge >= 0.3 is 6.03 Å². The van der Waals surface area contributed by atoms with E-state index in [-0.39, 0.29) is 6.03 Å². The molecule has 0 radical (unpaired) electrons. The van der Waals surface area contributed by atoms with Crippen molar-refractivity contribution in [3.8, 4) is 5.75 Å². The number of rotatable bonds is 7. The van der Waals surface area contributed by atoms with Crippen molar-refractivity contribution in [2.75, 3.05) is 19.0 Å². The van der Waals surface area contributed by atoms with Gasteiger partial charge in [0.15, 0.2) is 0 Å². The fourth-order valence-electron chi connectivity index (χ4n) is 2.82. The third kappa shape index (κ3) is 5.31. The number of nitrogens with zero attached hydrogens (tertiary/aromatic N) is 2. The molecule has 0 fully saturated rings. The van der Waals surface area contributed by atoms with Gasteiger partial charge in [-0.3, -0.25) is 4.98 Å². The quantitative estimate of drug-likeness (QED) is 0.680. The number of ether oxygens (including phenoxy) is 1. The monoisotopic (exact) mass is 361 g/mol. The molecule has 138 valence electrons. The van der Waals surface area contributed by atoms with Crippen LogP contribution in [0.2, 0.25) is 0 Å². The van der Waals surface area contributed by atoms with E-state index in [4.69, 9.17) is 4.74 Å². The van der Waals surface area contributed by atoms with Gasteiger partial charge in [0.25, 0.3) is 0 Å². The first kappa shape index (κ1) is 18.5. The van der Waals surface area contributed by atoms with Crippen LogP contribution in [0.15, 0.2) is 79.1 Å². The second kappa shape index (κ2) is 9.38. The maximum absolute atomic E-state index is 12.9. The van der Waals surface area contributed by atoms with Crippen LogP contribution in [0.25, 0.3) is 0 Å². The smallest absolute Gasteiger partial charge is 0.322 e. The van der Waals surface area contributed by atoms with Crippen LogP contribution < -0.4 is 10.1 Å². The van der Waals surface area contributed by atoms with Crippen molar-refractivity contribution >= 4 is 11.7 Å². The van der Waals surface area contributed by atoms with Gasteiger partial charge < -0.3 is 15.0 Å². The van der Waals surface area contributed by atoms with Crippen molar-refractivity contribution in [3.63, 3.8) is 0 Å². The largest absolute Gasteiger partial charge is 0.495 e. The summed E-state index contributed by atoms with van der Waals surface area (Å²) in [6.07, 6.45) is 4.29. The Morgan fingerprint density at radius 2 is 1.74 bits per heavy atom. The highest BCUT2D eigenvalue weighted by atomic mass is 16.5. The summed E-state index contributed by atoms with van der Waals surface area (Å²) < 4.78 is 5.33. The fourth-order valence-corrected chi connectivity index (χ4v) is 2.82. The number of amides is 2. The van der Waals surface area contributed by atoms with E-state index in [1.165, 1.54) is 5.56 Å². The molecule has 0 aliphatic carbocycles. The predicted octanol–water partition coefficient (Wildman–Crippen LogP) is 4.37. The molecule has 0 unspecified atom stereocenters. The zero-order valence-electron chi connectivity index (χ0n) is 15.3. The van der Waals surface area contributed by atoms with Crippen molar-refractivity contribution in [1.29, 1.82) is 0 Å². The number of anilines is 1. The van der Waals surface area contributed by atoms with Gasteiger partial charge in [-0.05, 0) is 35.7 Å². The number of benzene rings is 2. The first-order chi connectivity index (χ1) is 13.3. The van der Waals surface area contributed by atoms with Gasteiger partial charge in [-0.1, -0.05) is 48.5 Å². The second-order valence-corrected chi connectivity index (χ2v) is 6.15. The van der Waals surface area contributed by atoms with Gasteiger partial charge in [-0.25, -0.2) is 4.79 Å². The van der Waals surface area contributed by atoms with Gasteiger partial charge in [0, 0.05) is 25.5 Å². The zero-order valence-corrected chi connectivity index (χ0v) is 15.3. The van der Waals surface area contributed by atoms with Crippen molar-refractivity contribution in [1.82, 2.24) is 9.88 Å². The Labute approximate surface area is 159 Å². The summed E-state index contributed by atoms with van der Waals surface area (Å²) in [5.74, 6) is 0.634. The number of para-hydroxylation sites is 2. The van der Waals surface area contributed by atoms with Gasteiger partial charge in [0.2, 0.25) is 0 Å². The lowest BCUT2D eigenvalue weighted by molar-refractivity contribution is 0.209. The third-order valence-corrected chi connectivity index (χ3v) is 4.25. The van der Waals surface area contributed by atoms with Crippen LogP contribution >= 0.6 is 0 Å².